The zero-order chi connectivity index (χ0) is 19.8. The van der Waals surface area contributed by atoms with Crippen LogP contribution in [-0.2, 0) is 11.2 Å². The van der Waals surface area contributed by atoms with Gasteiger partial charge in [-0.05, 0) is 24.6 Å². The highest BCUT2D eigenvalue weighted by atomic mass is 32.1. The Labute approximate surface area is 168 Å². The fraction of sp³-hybridized carbons (Fsp3) is 0.474. The largest absolute Gasteiger partial charge is 0.379 e. The van der Waals surface area contributed by atoms with Gasteiger partial charge in [-0.25, -0.2) is 0 Å². The van der Waals surface area contributed by atoms with Gasteiger partial charge in [0.25, 0.3) is 11.8 Å². The topological polar surface area (TPSA) is 96.5 Å². The van der Waals surface area contributed by atoms with Crippen molar-refractivity contribution in [3.8, 4) is 0 Å². The van der Waals surface area contributed by atoms with Gasteiger partial charge in [-0.1, -0.05) is 24.3 Å². The maximum Gasteiger partial charge on any atom is 0.286 e. The molecule has 1 aromatic heterocycles. The van der Waals surface area contributed by atoms with E-state index in [0.717, 1.165) is 50.7 Å². The van der Waals surface area contributed by atoms with Crippen LogP contribution in [0.4, 0.5) is 5.69 Å². The van der Waals surface area contributed by atoms with Crippen LogP contribution < -0.4 is 10.6 Å². The van der Waals surface area contributed by atoms with Crippen LogP contribution in [0.25, 0.3) is 0 Å². The van der Waals surface area contributed by atoms with Gasteiger partial charge in [-0.3, -0.25) is 14.5 Å². The number of nitrogens with one attached hydrogen (secondary N) is 2. The van der Waals surface area contributed by atoms with E-state index in [9.17, 15) is 9.59 Å². The Morgan fingerprint density at radius 3 is 2.82 bits per heavy atom. The van der Waals surface area contributed by atoms with Gasteiger partial charge in [0.15, 0.2) is 0 Å². The standard InChI is InChI=1S/C19H25N5O3S/c1-2-4-16-22-23-19(28-16)18(26)21-15-6-3-5-14(13-15)17(25)20-7-8-24-9-11-27-12-10-24/h3,5-6,13H,2,4,7-12H2,1H3,(H,20,25)(H,21,26). The number of hydrogen-bond donors (Lipinski definition) is 2. The van der Waals surface area contributed by atoms with E-state index in [1.807, 2.05) is 0 Å². The predicted octanol–water partition coefficient (Wildman–Crippen LogP) is 1.80. The molecular formula is C19H25N5O3S. The van der Waals surface area contributed by atoms with E-state index < -0.39 is 0 Å². The number of nitrogens with zero attached hydrogens (tertiary/aromatic N) is 3. The van der Waals surface area contributed by atoms with Gasteiger partial charge in [-0.15, -0.1) is 10.2 Å². The Hall–Kier alpha value is -2.36. The number of benzene rings is 1. The monoisotopic (exact) mass is 403 g/mol. The van der Waals surface area contributed by atoms with E-state index in [4.69, 9.17) is 4.74 Å². The SMILES string of the molecule is CCCc1nnc(C(=O)Nc2cccc(C(=O)NCCN3CCOCC3)c2)s1. The Kier molecular flexibility index (Phi) is 7.46. The van der Waals surface area contributed by atoms with E-state index in [1.165, 1.54) is 11.3 Å². The van der Waals surface area contributed by atoms with E-state index in [0.29, 0.717) is 22.8 Å². The van der Waals surface area contributed by atoms with Gasteiger partial charge in [0.2, 0.25) is 5.01 Å². The van der Waals surface area contributed by atoms with Gasteiger partial charge in [0, 0.05) is 43.9 Å². The molecule has 150 valence electrons. The van der Waals surface area contributed by atoms with Gasteiger partial charge in [0.05, 0.1) is 13.2 Å². The number of rotatable bonds is 8. The number of hydrogen-bond acceptors (Lipinski definition) is 7. The smallest absolute Gasteiger partial charge is 0.286 e. The number of aromatic nitrogens is 2. The third-order valence-electron chi connectivity index (χ3n) is 4.32. The van der Waals surface area contributed by atoms with Crippen LogP contribution in [0.3, 0.4) is 0 Å². The molecule has 1 saturated heterocycles. The zero-order valence-electron chi connectivity index (χ0n) is 15.9. The fourth-order valence-electron chi connectivity index (χ4n) is 2.84. The van der Waals surface area contributed by atoms with E-state index in [1.54, 1.807) is 24.3 Å². The molecule has 3 rings (SSSR count). The summed E-state index contributed by atoms with van der Waals surface area (Å²) in [6.07, 6.45) is 1.77. The van der Waals surface area contributed by atoms with Crippen LogP contribution in [0.5, 0.6) is 0 Å². The molecule has 0 radical (unpaired) electrons. The Bertz CT molecular complexity index is 804. The van der Waals surface area contributed by atoms with Crippen molar-refractivity contribution in [3.05, 3.63) is 39.8 Å². The molecule has 8 nitrogen and oxygen atoms in total. The Morgan fingerprint density at radius 2 is 2.04 bits per heavy atom. The highest BCUT2D eigenvalue weighted by molar-refractivity contribution is 7.13. The molecule has 2 heterocycles. The van der Waals surface area contributed by atoms with Crippen molar-refractivity contribution in [2.45, 2.75) is 19.8 Å². The summed E-state index contributed by atoms with van der Waals surface area (Å²) in [6, 6.07) is 6.88. The lowest BCUT2D eigenvalue weighted by Crippen LogP contribution is -2.41. The molecule has 1 aromatic carbocycles. The first-order valence-corrected chi connectivity index (χ1v) is 10.3. The third kappa shape index (κ3) is 5.82. The summed E-state index contributed by atoms with van der Waals surface area (Å²) < 4.78 is 5.32. The van der Waals surface area contributed by atoms with Crippen molar-refractivity contribution in [1.29, 1.82) is 0 Å². The van der Waals surface area contributed by atoms with Crippen LogP contribution >= 0.6 is 11.3 Å². The lowest BCUT2D eigenvalue weighted by atomic mass is 10.2. The van der Waals surface area contributed by atoms with Gasteiger partial charge >= 0.3 is 0 Å². The molecule has 1 aliphatic rings. The van der Waals surface area contributed by atoms with Gasteiger partial charge in [-0.2, -0.15) is 0 Å². The highest BCUT2D eigenvalue weighted by Gasteiger charge is 2.14. The number of amides is 2. The molecule has 1 aliphatic heterocycles. The summed E-state index contributed by atoms with van der Waals surface area (Å²) in [6.45, 7) is 6.68. The van der Waals surface area contributed by atoms with E-state index >= 15 is 0 Å². The van der Waals surface area contributed by atoms with E-state index in [-0.39, 0.29) is 11.8 Å². The Balaban J connectivity index is 1.52. The first-order chi connectivity index (χ1) is 13.7. The molecule has 1 fully saturated rings. The number of anilines is 1. The fourth-order valence-corrected chi connectivity index (χ4v) is 3.67. The highest BCUT2D eigenvalue weighted by Crippen LogP contribution is 2.16. The lowest BCUT2D eigenvalue weighted by Gasteiger charge is -2.26. The second kappa shape index (κ2) is 10.3. The Morgan fingerprint density at radius 1 is 1.21 bits per heavy atom. The maximum atomic E-state index is 12.4. The summed E-state index contributed by atoms with van der Waals surface area (Å²) >= 11 is 1.29. The molecule has 0 atom stereocenters. The molecule has 9 heteroatoms. The van der Waals surface area contributed by atoms with Gasteiger partial charge < -0.3 is 15.4 Å². The molecule has 0 aliphatic carbocycles. The first kappa shape index (κ1) is 20.4. The minimum Gasteiger partial charge on any atom is -0.379 e. The zero-order valence-corrected chi connectivity index (χ0v) is 16.8. The molecule has 28 heavy (non-hydrogen) atoms. The van der Waals surface area contributed by atoms with Crippen molar-refractivity contribution in [3.63, 3.8) is 0 Å². The summed E-state index contributed by atoms with van der Waals surface area (Å²) in [4.78, 5) is 27.0. The van der Waals surface area contributed by atoms with Crippen molar-refractivity contribution < 1.29 is 14.3 Å². The quantitative estimate of drug-likeness (QED) is 0.698. The van der Waals surface area contributed by atoms with Crippen LogP contribution in [0.1, 0.15) is 38.5 Å². The predicted molar refractivity (Wildman–Crippen MR) is 108 cm³/mol. The molecule has 2 amide bonds. The summed E-state index contributed by atoms with van der Waals surface area (Å²) in [5.74, 6) is -0.477. The summed E-state index contributed by atoms with van der Waals surface area (Å²) in [7, 11) is 0. The van der Waals surface area contributed by atoms with Crippen molar-refractivity contribution in [2.24, 2.45) is 0 Å². The van der Waals surface area contributed by atoms with E-state index in [2.05, 4.69) is 32.7 Å². The summed E-state index contributed by atoms with van der Waals surface area (Å²) in [5, 5.41) is 14.8. The lowest BCUT2D eigenvalue weighted by molar-refractivity contribution is 0.0383. The second-order valence-electron chi connectivity index (χ2n) is 6.50. The molecular weight excluding hydrogens is 378 g/mol. The number of carbonyl (C=O) groups excluding carboxylic acids is 2. The van der Waals surface area contributed by atoms with Crippen LogP contribution in [0, 0.1) is 0 Å². The first-order valence-electron chi connectivity index (χ1n) is 9.48. The molecule has 2 N–H and O–H groups in total. The average Bonchev–Trinajstić information content (AvgIpc) is 3.18. The second-order valence-corrected chi connectivity index (χ2v) is 7.56. The molecule has 0 unspecified atom stereocenters. The van der Waals surface area contributed by atoms with Crippen molar-refractivity contribution in [1.82, 2.24) is 20.4 Å². The van der Waals surface area contributed by atoms with Crippen LogP contribution in [0.15, 0.2) is 24.3 Å². The molecule has 0 spiro atoms. The maximum absolute atomic E-state index is 12.4. The third-order valence-corrected chi connectivity index (χ3v) is 5.31. The molecule has 0 bridgehead atoms. The van der Waals surface area contributed by atoms with Gasteiger partial charge in [0.1, 0.15) is 5.01 Å². The number of ether oxygens (including phenoxy) is 1. The minimum atomic E-state index is -0.315. The normalized spacial score (nSPS) is 14.6. The average molecular weight is 404 g/mol. The van der Waals surface area contributed by atoms with Crippen molar-refractivity contribution in [2.75, 3.05) is 44.7 Å². The number of carbonyl (C=O) groups is 2. The molecule has 0 saturated carbocycles. The molecule has 2 aromatic rings. The van der Waals surface area contributed by atoms with Crippen LogP contribution in [0.2, 0.25) is 0 Å². The number of morpholine rings is 1. The van der Waals surface area contributed by atoms with Crippen LogP contribution in [-0.4, -0.2) is 66.3 Å². The van der Waals surface area contributed by atoms with Crippen molar-refractivity contribution >= 4 is 28.8 Å². The minimum absolute atomic E-state index is 0.162. The number of aryl methyl sites for hydroxylation is 1. The summed E-state index contributed by atoms with van der Waals surface area (Å²) in [5.41, 5.74) is 1.06.